The van der Waals surface area contributed by atoms with E-state index in [2.05, 4.69) is 10.2 Å². The van der Waals surface area contributed by atoms with Gasteiger partial charge in [-0.1, -0.05) is 13.8 Å². The Morgan fingerprint density at radius 2 is 1.64 bits per heavy atom. The van der Waals surface area contributed by atoms with Crippen molar-refractivity contribution in [3.8, 4) is 17.9 Å². The molecule has 0 unspecified atom stereocenters. The summed E-state index contributed by atoms with van der Waals surface area (Å²) in [6.07, 6.45) is 0. The van der Waals surface area contributed by atoms with Crippen LogP contribution in [-0.2, 0) is 0 Å². The first kappa shape index (κ1) is 13.8. The molecule has 0 radical (unpaired) electrons. The van der Waals surface area contributed by atoms with Crippen molar-refractivity contribution in [3.63, 3.8) is 0 Å². The van der Waals surface area contributed by atoms with Crippen LogP contribution < -0.4 is 0 Å². The largest absolute Gasteiger partial charge is 0.508 e. The van der Waals surface area contributed by atoms with Crippen molar-refractivity contribution in [3.05, 3.63) is 41.0 Å². The van der Waals surface area contributed by atoms with Crippen LogP contribution in [0.1, 0.15) is 36.5 Å². The lowest BCUT2D eigenvalue weighted by Crippen LogP contribution is -1.96. The maximum absolute atomic E-state index is 9.98. The highest BCUT2D eigenvalue weighted by atomic mass is 16.3. The van der Waals surface area contributed by atoms with Gasteiger partial charge >= 0.3 is 0 Å². The first-order chi connectivity index (χ1) is 10.5. The van der Waals surface area contributed by atoms with E-state index in [9.17, 15) is 10.4 Å². The molecule has 5 nitrogen and oxygen atoms in total. The SMILES string of the molecule is CC(C)c1cc(O)cc2c1nnc1cc(C#N)c(C#N)cc12. The molecule has 106 valence electrons. The minimum Gasteiger partial charge on any atom is -0.508 e. The van der Waals surface area contributed by atoms with Crippen molar-refractivity contribution >= 4 is 21.8 Å². The zero-order valence-electron chi connectivity index (χ0n) is 12.1. The standard InChI is InChI=1S/C17H12N4O/c1-9(2)13-5-12(22)6-15-14-3-10(7-18)11(8-19)4-16(14)20-21-17(13)15/h3-6,9,22H,1-2H3. The summed E-state index contributed by atoms with van der Waals surface area (Å²) in [4.78, 5) is 0. The number of phenols is 1. The fraction of sp³-hybridized carbons (Fsp3) is 0.176. The number of aromatic nitrogens is 2. The molecule has 22 heavy (non-hydrogen) atoms. The van der Waals surface area contributed by atoms with E-state index in [1.54, 1.807) is 24.3 Å². The highest BCUT2D eigenvalue weighted by Crippen LogP contribution is 2.33. The van der Waals surface area contributed by atoms with Gasteiger partial charge in [0.05, 0.1) is 22.2 Å². The second-order valence-corrected chi connectivity index (χ2v) is 5.42. The molecule has 0 aliphatic heterocycles. The normalized spacial score (nSPS) is 10.8. The van der Waals surface area contributed by atoms with Crippen molar-refractivity contribution in [1.29, 1.82) is 10.5 Å². The van der Waals surface area contributed by atoms with Crippen LogP contribution in [0.5, 0.6) is 5.75 Å². The number of benzene rings is 2. The van der Waals surface area contributed by atoms with Crippen LogP contribution in [0.25, 0.3) is 21.8 Å². The minimum atomic E-state index is 0.147. The number of phenolic OH excluding ortho intramolecular Hbond substituents is 1. The van der Waals surface area contributed by atoms with E-state index in [4.69, 9.17) is 5.26 Å². The zero-order chi connectivity index (χ0) is 15.9. The van der Waals surface area contributed by atoms with Gasteiger partial charge in [0.2, 0.25) is 0 Å². The Kier molecular flexibility index (Phi) is 3.12. The van der Waals surface area contributed by atoms with Crippen molar-refractivity contribution < 1.29 is 5.11 Å². The van der Waals surface area contributed by atoms with E-state index in [-0.39, 0.29) is 17.2 Å². The smallest absolute Gasteiger partial charge is 0.116 e. The summed E-state index contributed by atoms with van der Waals surface area (Å²) >= 11 is 0. The summed E-state index contributed by atoms with van der Waals surface area (Å²) in [5.41, 5.74) is 2.69. The monoisotopic (exact) mass is 288 g/mol. The highest BCUT2D eigenvalue weighted by Gasteiger charge is 2.14. The molecule has 2 aromatic carbocycles. The molecular formula is C17H12N4O. The number of nitrogens with zero attached hydrogens (tertiary/aromatic N) is 4. The number of nitriles is 2. The zero-order valence-corrected chi connectivity index (χ0v) is 12.1. The molecule has 0 spiro atoms. The number of aromatic hydroxyl groups is 1. The van der Waals surface area contributed by atoms with Crippen molar-refractivity contribution in [2.24, 2.45) is 0 Å². The molecule has 0 aliphatic rings. The van der Waals surface area contributed by atoms with Gasteiger partial charge in [0.25, 0.3) is 0 Å². The molecule has 1 heterocycles. The van der Waals surface area contributed by atoms with Crippen LogP contribution in [0.15, 0.2) is 24.3 Å². The van der Waals surface area contributed by atoms with Gasteiger partial charge in [0.15, 0.2) is 0 Å². The quantitative estimate of drug-likeness (QED) is 0.693. The van der Waals surface area contributed by atoms with Crippen LogP contribution in [0, 0.1) is 22.7 Å². The number of fused-ring (bicyclic) bond motifs is 3. The molecule has 0 aliphatic carbocycles. The molecule has 3 rings (SSSR count). The van der Waals surface area contributed by atoms with Gasteiger partial charge in [-0.15, -0.1) is 10.2 Å². The Morgan fingerprint density at radius 1 is 0.955 bits per heavy atom. The molecule has 1 N–H and O–H groups in total. The molecule has 0 saturated heterocycles. The van der Waals surface area contributed by atoms with Gasteiger partial charge in [0.1, 0.15) is 17.9 Å². The first-order valence-electron chi connectivity index (χ1n) is 6.82. The van der Waals surface area contributed by atoms with E-state index < -0.39 is 0 Å². The molecule has 0 amide bonds. The van der Waals surface area contributed by atoms with Crippen LogP contribution >= 0.6 is 0 Å². The molecule has 0 fully saturated rings. The fourth-order valence-electron chi connectivity index (χ4n) is 2.57. The average Bonchev–Trinajstić information content (AvgIpc) is 2.52. The summed E-state index contributed by atoms with van der Waals surface area (Å²) in [5, 5.41) is 38.1. The Balaban J connectivity index is 2.51. The van der Waals surface area contributed by atoms with Crippen LogP contribution in [-0.4, -0.2) is 15.3 Å². The van der Waals surface area contributed by atoms with E-state index in [0.717, 1.165) is 10.9 Å². The van der Waals surface area contributed by atoms with E-state index in [0.29, 0.717) is 22.0 Å². The van der Waals surface area contributed by atoms with Crippen molar-refractivity contribution in [1.82, 2.24) is 10.2 Å². The Morgan fingerprint density at radius 3 is 2.27 bits per heavy atom. The van der Waals surface area contributed by atoms with Crippen LogP contribution in [0.4, 0.5) is 0 Å². The maximum Gasteiger partial charge on any atom is 0.116 e. The van der Waals surface area contributed by atoms with Gasteiger partial charge in [-0.3, -0.25) is 0 Å². The Bertz CT molecular complexity index is 994. The summed E-state index contributed by atoms with van der Waals surface area (Å²) in [7, 11) is 0. The summed E-state index contributed by atoms with van der Waals surface area (Å²) in [6.45, 7) is 4.03. The lowest BCUT2D eigenvalue weighted by Gasteiger charge is -2.11. The van der Waals surface area contributed by atoms with Crippen molar-refractivity contribution in [2.75, 3.05) is 0 Å². The molecule has 1 aromatic heterocycles. The van der Waals surface area contributed by atoms with Gasteiger partial charge in [-0.25, -0.2) is 0 Å². The topological polar surface area (TPSA) is 93.6 Å². The van der Waals surface area contributed by atoms with Gasteiger partial charge in [-0.05, 0) is 35.7 Å². The lowest BCUT2D eigenvalue weighted by atomic mass is 9.96. The lowest BCUT2D eigenvalue weighted by molar-refractivity contribution is 0.475. The van der Waals surface area contributed by atoms with E-state index in [1.807, 2.05) is 26.0 Å². The number of hydrogen-bond donors (Lipinski definition) is 1. The van der Waals surface area contributed by atoms with Gasteiger partial charge in [0, 0.05) is 10.8 Å². The molecule has 5 heteroatoms. The fourth-order valence-corrected chi connectivity index (χ4v) is 2.57. The van der Waals surface area contributed by atoms with Crippen LogP contribution in [0.3, 0.4) is 0 Å². The number of hydrogen-bond acceptors (Lipinski definition) is 5. The molecule has 0 atom stereocenters. The third kappa shape index (κ3) is 2.01. The molecule has 0 bridgehead atoms. The second kappa shape index (κ2) is 4.98. The third-order valence-corrected chi connectivity index (χ3v) is 3.67. The Hall–Kier alpha value is -3.18. The summed E-state index contributed by atoms with van der Waals surface area (Å²) < 4.78 is 0. The second-order valence-electron chi connectivity index (χ2n) is 5.42. The van der Waals surface area contributed by atoms with E-state index >= 15 is 0 Å². The molecular weight excluding hydrogens is 276 g/mol. The van der Waals surface area contributed by atoms with Crippen molar-refractivity contribution in [2.45, 2.75) is 19.8 Å². The van der Waals surface area contributed by atoms with Gasteiger partial charge < -0.3 is 5.11 Å². The highest BCUT2D eigenvalue weighted by molar-refractivity contribution is 6.06. The predicted molar refractivity (Wildman–Crippen MR) is 82.2 cm³/mol. The molecule has 3 aromatic rings. The average molecular weight is 288 g/mol. The van der Waals surface area contributed by atoms with Crippen LogP contribution in [0.2, 0.25) is 0 Å². The number of rotatable bonds is 1. The summed E-state index contributed by atoms with van der Waals surface area (Å²) in [6, 6.07) is 10.5. The predicted octanol–water partition coefficient (Wildman–Crippen LogP) is 3.36. The first-order valence-corrected chi connectivity index (χ1v) is 6.82. The minimum absolute atomic E-state index is 0.147. The van der Waals surface area contributed by atoms with Gasteiger partial charge in [-0.2, -0.15) is 10.5 Å². The van der Waals surface area contributed by atoms with E-state index in [1.165, 1.54) is 0 Å². The summed E-state index contributed by atoms with van der Waals surface area (Å²) in [5.74, 6) is 0.323. The third-order valence-electron chi connectivity index (χ3n) is 3.67. The molecule has 0 saturated carbocycles. The maximum atomic E-state index is 9.98. The Labute approximate surface area is 127 Å².